The molecule has 0 aromatic rings. The van der Waals surface area contributed by atoms with E-state index in [0.29, 0.717) is 64.8 Å². The lowest BCUT2D eigenvalue weighted by molar-refractivity contribution is -0.153. The van der Waals surface area contributed by atoms with E-state index >= 15 is 0 Å². The van der Waals surface area contributed by atoms with Crippen molar-refractivity contribution in [2.75, 3.05) is 76.7 Å². The summed E-state index contributed by atoms with van der Waals surface area (Å²) in [7, 11) is 0. The molecule has 0 aromatic carbocycles. The molecule has 13 nitrogen and oxygen atoms in total. The lowest BCUT2D eigenvalue weighted by Gasteiger charge is -2.58. The molecule has 4 rings (SSSR count). The Hall–Kier alpha value is -1.88. The summed E-state index contributed by atoms with van der Waals surface area (Å²) in [5.41, 5.74) is 13.2. The van der Waals surface area contributed by atoms with Crippen molar-refractivity contribution >= 4 is 48.1 Å². The number of rotatable bonds is 29. The monoisotopic (exact) mass is 897 g/mol. The summed E-state index contributed by atoms with van der Waals surface area (Å²) in [5.74, 6) is 3.66. The number of esters is 1. The number of hydrogen-bond acceptors (Lipinski definition) is 12. The molecule has 0 bridgehead atoms. The highest BCUT2D eigenvalue weighted by atomic mass is 32.2. The Morgan fingerprint density at radius 3 is 2.21 bits per heavy atom. The van der Waals surface area contributed by atoms with Crippen molar-refractivity contribution in [1.29, 1.82) is 0 Å². The van der Waals surface area contributed by atoms with E-state index in [2.05, 4.69) is 64.0 Å². The van der Waals surface area contributed by atoms with Crippen molar-refractivity contribution in [1.82, 2.24) is 10.6 Å². The van der Waals surface area contributed by atoms with Crippen molar-refractivity contribution < 1.29 is 42.9 Å². The molecular formula is C46H80N4O9S2. The predicted octanol–water partition coefficient (Wildman–Crippen LogP) is 5.47. The Balaban J connectivity index is 0.975. The SMILES string of the molecule is CC(C)CCC[C@@H](C)[C@H]1CCC2C3CC=C4CC(OC(=O)CCOCCOCCOCCOCCNC(=O)CSC[C@H](NC(=O)[C@@H](N)CS)C(N)=O)CC[C@]4(C)C3CC[C@@]21C. The summed E-state index contributed by atoms with van der Waals surface area (Å²) in [6.45, 7) is 15.8. The van der Waals surface area contributed by atoms with E-state index in [1.54, 1.807) is 5.57 Å². The van der Waals surface area contributed by atoms with Crippen LogP contribution in [-0.4, -0.2) is 119 Å². The van der Waals surface area contributed by atoms with Crippen LogP contribution in [0.25, 0.3) is 0 Å². The third-order valence-corrected chi connectivity index (χ3v) is 15.8. The second kappa shape index (κ2) is 26.2. The highest BCUT2D eigenvalue weighted by Gasteiger charge is 2.59. The number of fused-ring (bicyclic) bond motifs is 5. The Labute approximate surface area is 376 Å². The molecule has 0 spiro atoms. The van der Waals surface area contributed by atoms with Crippen molar-refractivity contribution in [3.8, 4) is 0 Å². The number of ether oxygens (including phenoxy) is 5. The molecule has 0 aliphatic heterocycles. The lowest BCUT2D eigenvalue weighted by atomic mass is 9.47. The molecular weight excluding hydrogens is 817 g/mol. The Kier molecular flexibility index (Phi) is 22.2. The van der Waals surface area contributed by atoms with E-state index in [4.69, 9.17) is 35.2 Å². The molecule has 0 radical (unpaired) electrons. The van der Waals surface area contributed by atoms with Gasteiger partial charge in [0.1, 0.15) is 12.1 Å². The smallest absolute Gasteiger partial charge is 0.308 e. The van der Waals surface area contributed by atoms with Crippen molar-refractivity contribution in [3.05, 3.63) is 11.6 Å². The van der Waals surface area contributed by atoms with Crippen LogP contribution in [0.4, 0.5) is 0 Å². The first-order valence-electron chi connectivity index (χ1n) is 23.2. The number of nitrogens with one attached hydrogen (secondary N) is 2. The molecule has 6 N–H and O–H groups in total. The van der Waals surface area contributed by atoms with Gasteiger partial charge in [0, 0.05) is 24.5 Å². The Morgan fingerprint density at radius 2 is 1.56 bits per heavy atom. The molecule has 3 fully saturated rings. The standard InChI is InChI=1S/C46H80N4O9S2/c1-31(2)7-6-8-32(3)36-11-12-37-35-10-9-33-27-34(13-16-45(33,4)38(35)14-17-46(36,37)5)59-42(52)15-19-55-21-23-57-25-26-58-24-22-56-20-18-49-41(51)30-61-29-40(43(48)53)50-44(54)39(47)28-60/h9,31-32,34-40,60H,6-8,10-30,47H2,1-5H3,(H2,48,53)(H,49,51)(H,50,54)/t32-,34?,35?,36-,37?,38?,39+,40+,45+,46-/m1/s1. The number of allylic oxidation sites excluding steroid dienone is 1. The number of thioether (sulfide) groups is 1. The minimum absolute atomic E-state index is 0.0353. The maximum Gasteiger partial charge on any atom is 0.308 e. The number of nitrogens with two attached hydrogens (primary N) is 2. The maximum absolute atomic E-state index is 12.8. The summed E-state index contributed by atoms with van der Waals surface area (Å²) in [5, 5.41) is 5.20. The van der Waals surface area contributed by atoms with E-state index in [0.717, 1.165) is 54.8 Å². The number of carbonyl (C=O) groups is 4. The van der Waals surface area contributed by atoms with Crippen molar-refractivity contribution in [2.24, 2.45) is 57.8 Å². The van der Waals surface area contributed by atoms with Gasteiger partial charge in [-0.25, -0.2) is 0 Å². The highest BCUT2D eigenvalue weighted by molar-refractivity contribution is 8.00. The molecule has 3 saturated carbocycles. The third-order valence-electron chi connectivity index (χ3n) is 14.4. The molecule has 0 heterocycles. The summed E-state index contributed by atoms with van der Waals surface area (Å²) in [6, 6.07) is -1.78. The van der Waals surface area contributed by atoms with Crippen LogP contribution in [-0.2, 0) is 42.9 Å². The van der Waals surface area contributed by atoms with E-state index in [1.807, 2.05) is 0 Å². The van der Waals surface area contributed by atoms with Crippen LogP contribution in [0.15, 0.2) is 11.6 Å². The summed E-state index contributed by atoms with van der Waals surface area (Å²) in [4.78, 5) is 48.3. The zero-order valence-corrected chi connectivity index (χ0v) is 39.6. The summed E-state index contributed by atoms with van der Waals surface area (Å²) < 4.78 is 28.2. The minimum atomic E-state index is -0.930. The van der Waals surface area contributed by atoms with Gasteiger partial charge in [-0.2, -0.15) is 12.6 Å². The molecule has 4 aliphatic carbocycles. The summed E-state index contributed by atoms with van der Waals surface area (Å²) >= 11 is 5.14. The normalized spacial score (nSPS) is 28.5. The first-order valence-corrected chi connectivity index (χ1v) is 25.0. The van der Waals surface area contributed by atoms with Gasteiger partial charge < -0.3 is 45.8 Å². The van der Waals surface area contributed by atoms with Gasteiger partial charge in [-0.3, -0.25) is 19.2 Å². The van der Waals surface area contributed by atoms with E-state index in [9.17, 15) is 19.2 Å². The molecule has 4 unspecified atom stereocenters. The first-order chi connectivity index (χ1) is 29.2. The molecule has 3 amide bonds. The zero-order chi connectivity index (χ0) is 44.4. The van der Waals surface area contributed by atoms with Gasteiger partial charge >= 0.3 is 5.97 Å². The lowest BCUT2D eigenvalue weighted by Crippen LogP contribution is -2.52. The number of thiol groups is 1. The molecule has 61 heavy (non-hydrogen) atoms. The van der Waals surface area contributed by atoms with Gasteiger partial charge in [0.25, 0.3) is 0 Å². The fourth-order valence-electron chi connectivity index (χ4n) is 11.1. The predicted molar refractivity (Wildman–Crippen MR) is 244 cm³/mol. The van der Waals surface area contributed by atoms with Crippen LogP contribution < -0.4 is 22.1 Å². The van der Waals surface area contributed by atoms with Crippen LogP contribution in [0.5, 0.6) is 0 Å². The highest BCUT2D eigenvalue weighted by Crippen LogP contribution is 2.67. The topological polar surface area (TPSA) is 191 Å². The number of hydrogen-bond donors (Lipinski definition) is 5. The van der Waals surface area contributed by atoms with Crippen LogP contribution >= 0.6 is 24.4 Å². The fourth-order valence-corrected chi connectivity index (χ4v) is 12.1. The van der Waals surface area contributed by atoms with Crippen LogP contribution in [0, 0.1) is 46.3 Å². The van der Waals surface area contributed by atoms with Gasteiger partial charge in [-0.05, 0) is 91.3 Å². The van der Waals surface area contributed by atoms with E-state index < -0.39 is 23.9 Å². The first kappa shape index (κ1) is 51.8. The second-order valence-corrected chi connectivity index (χ2v) is 20.4. The van der Waals surface area contributed by atoms with Crippen LogP contribution in [0.2, 0.25) is 0 Å². The Bertz CT molecular complexity index is 1420. The molecule has 0 saturated heterocycles. The third kappa shape index (κ3) is 15.7. The number of amides is 3. The number of primary amides is 1. The largest absolute Gasteiger partial charge is 0.462 e. The van der Waals surface area contributed by atoms with Gasteiger partial charge in [-0.1, -0.05) is 65.5 Å². The van der Waals surface area contributed by atoms with Crippen LogP contribution in [0.1, 0.15) is 112 Å². The molecule has 15 heteroatoms. The van der Waals surface area contributed by atoms with Gasteiger partial charge in [0.15, 0.2) is 0 Å². The van der Waals surface area contributed by atoms with E-state index in [1.165, 1.54) is 63.1 Å². The van der Waals surface area contributed by atoms with Gasteiger partial charge in [-0.15, -0.1) is 11.8 Å². The summed E-state index contributed by atoms with van der Waals surface area (Å²) in [6.07, 6.45) is 16.6. The van der Waals surface area contributed by atoms with Gasteiger partial charge in [0.2, 0.25) is 17.7 Å². The zero-order valence-electron chi connectivity index (χ0n) is 37.9. The molecule has 4 aliphatic rings. The Morgan fingerprint density at radius 1 is 0.885 bits per heavy atom. The van der Waals surface area contributed by atoms with Crippen molar-refractivity contribution in [3.63, 3.8) is 0 Å². The maximum atomic E-state index is 12.8. The fraction of sp³-hybridized carbons (Fsp3) is 0.870. The average Bonchev–Trinajstić information content (AvgIpc) is 3.58. The average molecular weight is 897 g/mol. The van der Waals surface area contributed by atoms with E-state index in [-0.39, 0.29) is 47.1 Å². The minimum Gasteiger partial charge on any atom is -0.462 e. The molecule has 350 valence electrons. The van der Waals surface area contributed by atoms with Gasteiger partial charge in [0.05, 0.1) is 71.1 Å². The van der Waals surface area contributed by atoms with Crippen molar-refractivity contribution in [2.45, 2.75) is 130 Å². The van der Waals surface area contributed by atoms with Crippen LogP contribution in [0.3, 0.4) is 0 Å². The molecule has 0 aromatic heterocycles. The second-order valence-electron chi connectivity index (χ2n) is 19.0. The quantitative estimate of drug-likeness (QED) is 0.0277. The molecule has 10 atom stereocenters. The number of carbonyl (C=O) groups excluding carboxylic acids is 4.